The molecule has 0 saturated heterocycles. The van der Waals surface area contributed by atoms with Gasteiger partial charge in [-0.15, -0.1) is 4.57 Å². The summed E-state index contributed by atoms with van der Waals surface area (Å²) in [6.45, 7) is 6.32. The third kappa shape index (κ3) is 2.88. The SMILES string of the molecule is Cc1cc2nc(COc3ccc(C(C)C)cc3)cc(=O)n2o1. The van der Waals surface area contributed by atoms with Crippen molar-refractivity contribution in [1.82, 2.24) is 9.56 Å². The summed E-state index contributed by atoms with van der Waals surface area (Å²) < 4.78 is 12.1. The fourth-order valence-corrected chi connectivity index (χ4v) is 2.25. The third-order valence-corrected chi connectivity index (χ3v) is 3.46. The van der Waals surface area contributed by atoms with Crippen molar-refractivity contribution in [3.8, 4) is 5.75 Å². The van der Waals surface area contributed by atoms with E-state index in [1.165, 1.54) is 16.2 Å². The van der Waals surface area contributed by atoms with Crippen molar-refractivity contribution < 1.29 is 9.26 Å². The molecule has 0 aliphatic heterocycles. The van der Waals surface area contributed by atoms with Gasteiger partial charge in [-0.2, -0.15) is 0 Å². The van der Waals surface area contributed by atoms with Crippen LogP contribution >= 0.6 is 0 Å². The highest BCUT2D eigenvalue weighted by Crippen LogP contribution is 2.19. The Labute approximate surface area is 128 Å². The number of aromatic nitrogens is 2. The highest BCUT2D eigenvalue weighted by molar-refractivity contribution is 5.37. The monoisotopic (exact) mass is 298 g/mol. The average molecular weight is 298 g/mol. The second kappa shape index (κ2) is 5.67. The summed E-state index contributed by atoms with van der Waals surface area (Å²) >= 11 is 0. The number of aryl methyl sites for hydroxylation is 1. The highest BCUT2D eigenvalue weighted by Gasteiger charge is 2.07. The number of rotatable bonds is 4. The number of ether oxygens (including phenoxy) is 1. The van der Waals surface area contributed by atoms with Gasteiger partial charge < -0.3 is 9.26 Å². The van der Waals surface area contributed by atoms with E-state index < -0.39 is 0 Å². The van der Waals surface area contributed by atoms with Gasteiger partial charge in [0.2, 0.25) is 0 Å². The third-order valence-electron chi connectivity index (χ3n) is 3.46. The Morgan fingerprint density at radius 3 is 2.64 bits per heavy atom. The van der Waals surface area contributed by atoms with Gasteiger partial charge >= 0.3 is 0 Å². The molecule has 0 spiro atoms. The summed E-state index contributed by atoms with van der Waals surface area (Å²) in [5, 5.41) is 0. The van der Waals surface area contributed by atoms with E-state index in [9.17, 15) is 4.79 Å². The molecule has 0 atom stereocenters. The van der Waals surface area contributed by atoms with Crippen molar-refractivity contribution >= 4 is 5.65 Å². The molecular formula is C17H18N2O3. The van der Waals surface area contributed by atoms with Gasteiger partial charge in [-0.25, -0.2) is 4.98 Å². The fraction of sp³-hybridized carbons (Fsp3) is 0.294. The molecule has 5 heteroatoms. The zero-order valence-electron chi connectivity index (χ0n) is 12.9. The second-order valence-corrected chi connectivity index (χ2v) is 5.60. The van der Waals surface area contributed by atoms with Gasteiger partial charge in [0.05, 0.1) is 5.69 Å². The fourth-order valence-electron chi connectivity index (χ4n) is 2.25. The van der Waals surface area contributed by atoms with Crippen LogP contribution in [0.5, 0.6) is 5.75 Å². The maximum atomic E-state index is 11.9. The first-order chi connectivity index (χ1) is 10.5. The van der Waals surface area contributed by atoms with Gasteiger partial charge in [0.1, 0.15) is 18.1 Å². The van der Waals surface area contributed by atoms with Gasteiger partial charge in [-0.3, -0.25) is 4.79 Å². The molecule has 22 heavy (non-hydrogen) atoms. The van der Waals surface area contributed by atoms with Gasteiger partial charge in [-0.05, 0) is 30.5 Å². The maximum absolute atomic E-state index is 11.9. The van der Waals surface area contributed by atoms with Crippen molar-refractivity contribution in [2.75, 3.05) is 0 Å². The van der Waals surface area contributed by atoms with E-state index in [0.29, 0.717) is 23.0 Å². The Morgan fingerprint density at radius 2 is 1.95 bits per heavy atom. The Kier molecular flexibility index (Phi) is 3.71. The molecule has 114 valence electrons. The maximum Gasteiger partial charge on any atom is 0.287 e. The summed E-state index contributed by atoms with van der Waals surface area (Å²) in [5.41, 5.74) is 2.10. The highest BCUT2D eigenvalue weighted by atomic mass is 16.5. The minimum Gasteiger partial charge on any atom is -0.487 e. The second-order valence-electron chi connectivity index (χ2n) is 5.60. The molecule has 0 N–H and O–H groups in total. The molecule has 3 aromatic rings. The molecule has 5 nitrogen and oxygen atoms in total. The predicted octanol–water partition coefficient (Wildman–Crippen LogP) is 3.30. The average Bonchev–Trinajstić information content (AvgIpc) is 2.86. The zero-order chi connectivity index (χ0) is 15.7. The topological polar surface area (TPSA) is 56.7 Å². The standard InChI is InChI=1S/C17H18N2O3/c1-11(2)13-4-6-15(7-5-13)21-10-14-9-17(20)19-16(18-14)8-12(3)22-19/h4-9,11H,10H2,1-3H3. The van der Waals surface area contributed by atoms with Crippen LogP contribution in [-0.2, 0) is 6.61 Å². The van der Waals surface area contributed by atoms with Crippen LogP contribution in [0.3, 0.4) is 0 Å². The van der Waals surface area contributed by atoms with E-state index >= 15 is 0 Å². The van der Waals surface area contributed by atoms with E-state index in [4.69, 9.17) is 9.26 Å². The number of benzene rings is 1. The van der Waals surface area contributed by atoms with Crippen LogP contribution in [0.2, 0.25) is 0 Å². The molecule has 1 aromatic carbocycles. The number of hydrogen-bond acceptors (Lipinski definition) is 4. The van der Waals surface area contributed by atoms with Gasteiger partial charge in [0.25, 0.3) is 5.56 Å². The van der Waals surface area contributed by atoms with Crippen LogP contribution in [0.4, 0.5) is 0 Å². The number of nitrogens with zero attached hydrogens (tertiary/aromatic N) is 2. The molecule has 0 aliphatic carbocycles. The Morgan fingerprint density at radius 1 is 1.23 bits per heavy atom. The summed E-state index contributed by atoms with van der Waals surface area (Å²) in [6.07, 6.45) is 0. The summed E-state index contributed by atoms with van der Waals surface area (Å²) in [4.78, 5) is 16.3. The van der Waals surface area contributed by atoms with Crippen LogP contribution in [0.25, 0.3) is 5.65 Å². The summed E-state index contributed by atoms with van der Waals surface area (Å²) in [5.74, 6) is 1.89. The van der Waals surface area contributed by atoms with Crippen LogP contribution in [0.15, 0.2) is 45.7 Å². The lowest BCUT2D eigenvalue weighted by Gasteiger charge is -2.08. The van der Waals surface area contributed by atoms with Crippen molar-refractivity contribution in [3.63, 3.8) is 0 Å². The smallest absolute Gasteiger partial charge is 0.287 e. The molecule has 2 aromatic heterocycles. The van der Waals surface area contributed by atoms with E-state index in [1.807, 2.05) is 24.3 Å². The summed E-state index contributed by atoms with van der Waals surface area (Å²) in [6, 6.07) is 11.1. The first-order valence-electron chi connectivity index (χ1n) is 7.25. The summed E-state index contributed by atoms with van der Waals surface area (Å²) in [7, 11) is 0. The Hall–Kier alpha value is -2.56. The van der Waals surface area contributed by atoms with E-state index in [0.717, 1.165) is 5.75 Å². The minimum atomic E-state index is -0.244. The quantitative estimate of drug-likeness (QED) is 0.741. The van der Waals surface area contributed by atoms with Gasteiger partial charge in [0, 0.05) is 12.1 Å². The molecule has 3 rings (SSSR count). The van der Waals surface area contributed by atoms with Crippen LogP contribution < -0.4 is 10.3 Å². The number of fused-ring (bicyclic) bond motifs is 1. The first-order valence-corrected chi connectivity index (χ1v) is 7.25. The molecule has 0 fully saturated rings. The van der Waals surface area contributed by atoms with E-state index in [2.05, 4.69) is 18.8 Å². The van der Waals surface area contributed by atoms with E-state index in [1.54, 1.807) is 13.0 Å². The molecule has 0 aliphatic rings. The Bertz CT molecular complexity index is 844. The predicted molar refractivity (Wildman–Crippen MR) is 83.3 cm³/mol. The normalized spacial score (nSPS) is 11.3. The molecule has 2 heterocycles. The van der Waals surface area contributed by atoms with Crippen LogP contribution in [0.1, 0.15) is 36.8 Å². The zero-order valence-corrected chi connectivity index (χ0v) is 12.9. The first kappa shape index (κ1) is 14.4. The Balaban J connectivity index is 1.77. The lowest BCUT2D eigenvalue weighted by atomic mass is 10.0. The lowest BCUT2D eigenvalue weighted by Crippen LogP contribution is -2.14. The molecular weight excluding hydrogens is 280 g/mol. The van der Waals surface area contributed by atoms with Crippen molar-refractivity contribution in [2.24, 2.45) is 0 Å². The molecule has 0 saturated carbocycles. The van der Waals surface area contributed by atoms with Crippen molar-refractivity contribution in [2.45, 2.75) is 33.3 Å². The molecule has 0 amide bonds. The van der Waals surface area contributed by atoms with Crippen LogP contribution in [-0.4, -0.2) is 9.56 Å². The van der Waals surface area contributed by atoms with Crippen molar-refractivity contribution in [3.05, 3.63) is 63.8 Å². The largest absolute Gasteiger partial charge is 0.487 e. The van der Waals surface area contributed by atoms with Gasteiger partial charge in [0.15, 0.2) is 5.65 Å². The lowest BCUT2D eigenvalue weighted by molar-refractivity contribution is 0.298. The van der Waals surface area contributed by atoms with Gasteiger partial charge in [-0.1, -0.05) is 26.0 Å². The molecule has 0 unspecified atom stereocenters. The van der Waals surface area contributed by atoms with Crippen LogP contribution in [0, 0.1) is 6.92 Å². The molecule has 0 bridgehead atoms. The molecule has 0 radical (unpaired) electrons. The van der Waals surface area contributed by atoms with E-state index in [-0.39, 0.29) is 12.2 Å². The minimum absolute atomic E-state index is 0.244. The van der Waals surface area contributed by atoms with Crippen molar-refractivity contribution in [1.29, 1.82) is 0 Å². The number of hydrogen-bond donors (Lipinski definition) is 0.